The Bertz CT molecular complexity index is 78.8. The lowest BCUT2D eigenvalue weighted by atomic mass is 10.2. The van der Waals surface area contributed by atoms with Crippen LogP contribution >= 0.6 is 0 Å². The van der Waals surface area contributed by atoms with E-state index in [0.717, 1.165) is 13.0 Å². The fourth-order valence-electron chi connectivity index (χ4n) is 0.859. The first kappa shape index (κ1) is 9.70. The van der Waals surface area contributed by atoms with Crippen molar-refractivity contribution in [1.82, 2.24) is 5.32 Å². The molecule has 0 saturated heterocycles. The summed E-state index contributed by atoms with van der Waals surface area (Å²) in [6, 6.07) is 0.601. The highest BCUT2D eigenvalue weighted by molar-refractivity contribution is 4.74. The summed E-state index contributed by atoms with van der Waals surface area (Å²) in [6.45, 7) is 9.23. The molecule has 0 amide bonds. The summed E-state index contributed by atoms with van der Waals surface area (Å²) in [5, 5.41) is 3.41. The lowest BCUT2D eigenvalue weighted by molar-refractivity contribution is 0.538. The van der Waals surface area contributed by atoms with Crippen molar-refractivity contribution in [3.05, 3.63) is 12.7 Å². The topological polar surface area (TPSA) is 12.0 Å². The van der Waals surface area contributed by atoms with Gasteiger partial charge in [-0.05, 0) is 26.3 Å². The highest BCUT2D eigenvalue weighted by Gasteiger charge is 1.94. The molecular formula is C9H19N. The van der Waals surface area contributed by atoms with E-state index < -0.39 is 0 Å². The summed E-state index contributed by atoms with van der Waals surface area (Å²) < 4.78 is 0. The second-order valence-corrected chi connectivity index (χ2v) is 2.73. The van der Waals surface area contributed by atoms with Crippen molar-refractivity contribution in [3.8, 4) is 0 Å². The summed E-state index contributed by atoms with van der Waals surface area (Å²) in [5.74, 6) is 0. The van der Waals surface area contributed by atoms with Gasteiger partial charge < -0.3 is 5.32 Å². The summed E-state index contributed by atoms with van der Waals surface area (Å²) >= 11 is 0. The van der Waals surface area contributed by atoms with Crippen LogP contribution in [-0.2, 0) is 0 Å². The van der Waals surface area contributed by atoms with Gasteiger partial charge in [-0.25, -0.2) is 0 Å². The highest BCUT2D eigenvalue weighted by atomic mass is 14.9. The van der Waals surface area contributed by atoms with Crippen molar-refractivity contribution in [1.29, 1.82) is 0 Å². The molecule has 0 aliphatic carbocycles. The van der Waals surface area contributed by atoms with Gasteiger partial charge in [-0.1, -0.05) is 19.4 Å². The van der Waals surface area contributed by atoms with Gasteiger partial charge >= 0.3 is 0 Å². The molecular weight excluding hydrogens is 122 g/mol. The van der Waals surface area contributed by atoms with Crippen LogP contribution in [0.1, 0.15) is 33.1 Å². The van der Waals surface area contributed by atoms with Crippen molar-refractivity contribution in [2.24, 2.45) is 0 Å². The quantitative estimate of drug-likeness (QED) is 0.442. The van der Waals surface area contributed by atoms with E-state index in [0.29, 0.717) is 6.04 Å². The first-order valence-electron chi connectivity index (χ1n) is 4.15. The number of nitrogens with one attached hydrogen (secondary N) is 1. The average molecular weight is 141 g/mol. The van der Waals surface area contributed by atoms with E-state index in [1.807, 2.05) is 6.08 Å². The normalized spacial score (nSPS) is 13.0. The number of hydrogen-bond acceptors (Lipinski definition) is 1. The molecule has 0 saturated carbocycles. The molecule has 0 aromatic heterocycles. The van der Waals surface area contributed by atoms with E-state index in [-0.39, 0.29) is 0 Å². The molecule has 0 aromatic rings. The Balaban J connectivity index is 3.04. The van der Waals surface area contributed by atoms with Crippen molar-refractivity contribution < 1.29 is 0 Å². The van der Waals surface area contributed by atoms with E-state index in [9.17, 15) is 0 Å². The number of unbranched alkanes of at least 4 members (excludes halogenated alkanes) is 1. The molecule has 0 radical (unpaired) electrons. The highest BCUT2D eigenvalue weighted by Crippen LogP contribution is 1.91. The Kier molecular flexibility index (Phi) is 6.61. The van der Waals surface area contributed by atoms with E-state index in [1.54, 1.807) is 0 Å². The zero-order valence-corrected chi connectivity index (χ0v) is 7.19. The monoisotopic (exact) mass is 141 g/mol. The third kappa shape index (κ3) is 5.83. The maximum atomic E-state index is 3.69. The third-order valence-corrected chi connectivity index (χ3v) is 1.54. The van der Waals surface area contributed by atoms with Crippen LogP contribution in [0.2, 0.25) is 0 Å². The maximum absolute atomic E-state index is 3.69. The minimum atomic E-state index is 0.601. The number of hydrogen-bond donors (Lipinski definition) is 1. The molecule has 60 valence electrons. The molecule has 1 unspecified atom stereocenters. The van der Waals surface area contributed by atoms with Crippen LogP contribution in [0.3, 0.4) is 0 Å². The Hall–Kier alpha value is -0.300. The standard InChI is InChI=1S/C9H19N/c1-4-6-8-10-9(3)7-5-2/h5,9-10H,2,4,6-8H2,1,3H3. The van der Waals surface area contributed by atoms with Crippen LogP contribution < -0.4 is 5.32 Å². The first-order valence-corrected chi connectivity index (χ1v) is 4.15. The second-order valence-electron chi connectivity index (χ2n) is 2.73. The summed E-state index contributed by atoms with van der Waals surface area (Å²) in [4.78, 5) is 0. The SMILES string of the molecule is C=CCC(C)NCCCC. The molecule has 1 atom stereocenters. The fourth-order valence-corrected chi connectivity index (χ4v) is 0.859. The fraction of sp³-hybridized carbons (Fsp3) is 0.778. The smallest absolute Gasteiger partial charge is 0.00731 e. The van der Waals surface area contributed by atoms with Crippen LogP contribution in [0.4, 0.5) is 0 Å². The van der Waals surface area contributed by atoms with E-state index in [2.05, 4.69) is 25.7 Å². The van der Waals surface area contributed by atoms with Crippen LogP contribution in [0.25, 0.3) is 0 Å². The van der Waals surface area contributed by atoms with Crippen LogP contribution in [0.5, 0.6) is 0 Å². The van der Waals surface area contributed by atoms with Crippen LogP contribution in [0.15, 0.2) is 12.7 Å². The Morgan fingerprint density at radius 2 is 2.30 bits per heavy atom. The Morgan fingerprint density at radius 3 is 2.80 bits per heavy atom. The van der Waals surface area contributed by atoms with Gasteiger partial charge in [0.15, 0.2) is 0 Å². The first-order chi connectivity index (χ1) is 4.81. The zero-order chi connectivity index (χ0) is 7.82. The van der Waals surface area contributed by atoms with Crippen LogP contribution in [-0.4, -0.2) is 12.6 Å². The largest absolute Gasteiger partial charge is 0.314 e. The molecule has 0 spiro atoms. The molecule has 0 fully saturated rings. The van der Waals surface area contributed by atoms with Gasteiger partial charge in [0, 0.05) is 6.04 Å². The second kappa shape index (κ2) is 6.81. The minimum absolute atomic E-state index is 0.601. The molecule has 0 rings (SSSR count). The van der Waals surface area contributed by atoms with Gasteiger partial charge in [0.1, 0.15) is 0 Å². The Labute approximate surface area is 64.5 Å². The predicted octanol–water partition coefficient (Wildman–Crippen LogP) is 2.34. The molecule has 1 N–H and O–H groups in total. The average Bonchev–Trinajstić information content (AvgIpc) is 1.89. The molecule has 0 aliphatic heterocycles. The van der Waals surface area contributed by atoms with Gasteiger partial charge in [-0.2, -0.15) is 0 Å². The van der Waals surface area contributed by atoms with Gasteiger partial charge in [-0.15, -0.1) is 6.58 Å². The molecule has 0 aliphatic rings. The molecule has 0 heterocycles. The Morgan fingerprint density at radius 1 is 1.60 bits per heavy atom. The summed E-state index contributed by atoms with van der Waals surface area (Å²) in [7, 11) is 0. The van der Waals surface area contributed by atoms with Crippen LogP contribution in [0, 0.1) is 0 Å². The van der Waals surface area contributed by atoms with Crippen molar-refractivity contribution in [3.63, 3.8) is 0 Å². The maximum Gasteiger partial charge on any atom is 0.00731 e. The lowest BCUT2D eigenvalue weighted by Crippen LogP contribution is -2.26. The van der Waals surface area contributed by atoms with Crippen molar-refractivity contribution in [2.75, 3.05) is 6.54 Å². The summed E-state index contributed by atoms with van der Waals surface area (Å²) in [6.07, 6.45) is 5.59. The number of rotatable bonds is 6. The molecule has 0 bridgehead atoms. The van der Waals surface area contributed by atoms with Gasteiger partial charge in [-0.3, -0.25) is 0 Å². The van der Waals surface area contributed by atoms with Gasteiger partial charge in [0.05, 0.1) is 0 Å². The molecule has 0 aromatic carbocycles. The van der Waals surface area contributed by atoms with Gasteiger partial charge in [0.25, 0.3) is 0 Å². The van der Waals surface area contributed by atoms with E-state index >= 15 is 0 Å². The van der Waals surface area contributed by atoms with Gasteiger partial charge in [0.2, 0.25) is 0 Å². The third-order valence-electron chi connectivity index (χ3n) is 1.54. The predicted molar refractivity (Wildman–Crippen MR) is 47.2 cm³/mol. The van der Waals surface area contributed by atoms with E-state index in [4.69, 9.17) is 0 Å². The molecule has 10 heavy (non-hydrogen) atoms. The molecule has 1 nitrogen and oxygen atoms in total. The van der Waals surface area contributed by atoms with E-state index in [1.165, 1.54) is 12.8 Å². The van der Waals surface area contributed by atoms with Crippen molar-refractivity contribution >= 4 is 0 Å². The molecule has 1 heteroatoms. The lowest BCUT2D eigenvalue weighted by Gasteiger charge is -2.09. The summed E-state index contributed by atoms with van der Waals surface area (Å²) in [5.41, 5.74) is 0. The van der Waals surface area contributed by atoms with Crippen molar-refractivity contribution in [2.45, 2.75) is 39.2 Å². The zero-order valence-electron chi connectivity index (χ0n) is 7.19. The minimum Gasteiger partial charge on any atom is -0.314 e.